The van der Waals surface area contributed by atoms with Gasteiger partial charge in [0.2, 0.25) is 0 Å². The Morgan fingerprint density at radius 3 is 2.44 bits per heavy atom. The maximum atomic E-state index is 12.5. The number of phenols is 1. The zero-order valence-electron chi connectivity index (χ0n) is 8.30. The molecule has 7 heteroatoms. The minimum absolute atomic E-state index is 0.143. The average Bonchev–Trinajstić information content (AvgIpc) is 2.19. The highest BCUT2D eigenvalue weighted by molar-refractivity contribution is 5.49. The lowest BCUT2D eigenvalue weighted by molar-refractivity contribution is -0.139. The summed E-state index contributed by atoms with van der Waals surface area (Å²) in [6.45, 7) is -0.181. The quantitative estimate of drug-likeness (QED) is 0.702. The van der Waals surface area contributed by atoms with E-state index >= 15 is 0 Å². The van der Waals surface area contributed by atoms with Crippen molar-refractivity contribution in [1.29, 1.82) is 0 Å². The molecular weight excluding hydrogens is 227 g/mol. The van der Waals surface area contributed by atoms with Gasteiger partial charge in [0, 0.05) is 6.54 Å². The van der Waals surface area contributed by atoms with Gasteiger partial charge in [-0.25, -0.2) is 5.48 Å². The van der Waals surface area contributed by atoms with Crippen LogP contribution < -0.4 is 10.2 Å². The third kappa shape index (κ3) is 2.56. The van der Waals surface area contributed by atoms with Crippen LogP contribution in [-0.4, -0.2) is 17.4 Å². The number of phenolic OH excluding ortho intramolecular Hbond substituents is 1. The molecule has 90 valence electrons. The third-order valence-electron chi connectivity index (χ3n) is 1.94. The van der Waals surface area contributed by atoms with Crippen molar-refractivity contribution in [2.24, 2.45) is 0 Å². The number of halogens is 3. The molecule has 0 radical (unpaired) electrons. The molecule has 1 aromatic carbocycles. The van der Waals surface area contributed by atoms with Crippen molar-refractivity contribution in [2.75, 3.05) is 7.11 Å². The number of ether oxygens (including phenoxy) is 1. The van der Waals surface area contributed by atoms with Crippen molar-refractivity contribution < 1.29 is 28.2 Å². The van der Waals surface area contributed by atoms with Gasteiger partial charge in [0.25, 0.3) is 0 Å². The maximum absolute atomic E-state index is 12.5. The van der Waals surface area contributed by atoms with Crippen LogP contribution in [0.1, 0.15) is 11.1 Å². The fraction of sp³-hybridized carbons (Fsp3) is 0.333. The summed E-state index contributed by atoms with van der Waals surface area (Å²) in [5.41, 5.74) is 0.675. The van der Waals surface area contributed by atoms with Gasteiger partial charge >= 0.3 is 6.18 Å². The molecular formula is C9H10F3NO3. The SMILES string of the molecule is COc1cc(CNO)cc(C(F)(F)F)c1O. The number of hydroxylamine groups is 1. The van der Waals surface area contributed by atoms with Gasteiger partial charge in [0.1, 0.15) is 5.56 Å². The highest BCUT2D eigenvalue weighted by Gasteiger charge is 2.35. The minimum Gasteiger partial charge on any atom is -0.504 e. The number of aromatic hydroxyl groups is 1. The van der Waals surface area contributed by atoms with Crippen LogP contribution in [0.15, 0.2) is 12.1 Å². The van der Waals surface area contributed by atoms with Crippen LogP contribution in [-0.2, 0) is 12.7 Å². The van der Waals surface area contributed by atoms with Crippen molar-refractivity contribution in [2.45, 2.75) is 12.7 Å². The number of benzene rings is 1. The Balaban J connectivity index is 3.30. The molecule has 0 fully saturated rings. The van der Waals surface area contributed by atoms with Crippen molar-refractivity contribution in [1.82, 2.24) is 5.48 Å². The van der Waals surface area contributed by atoms with Crippen molar-refractivity contribution in [3.63, 3.8) is 0 Å². The zero-order chi connectivity index (χ0) is 12.3. The number of methoxy groups -OCH3 is 1. The Kier molecular flexibility index (Phi) is 3.61. The van der Waals surface area contributed by atoms with Gasteiger partial charge < -0.3 is 15.1 Å². The largest absolute Gasteiger partial charge is 0.504 e. The van der Waals surface area contributed by atoms with Gasteiger partial charge in [-0.2, -0.15) is 13.2 Å². The molecule has 0 unspecified atom stereocenters. The number of nitrogens with one attached hydrogen (secondary N) is 1. The van der Waals surface area contributed by atoms with Crippen LogP contribution in [0.4, 0.5) is 13.2 Å². The first-order valence-corrected chi connectivity index (χ1v) is 4.24. The summed E-state index contributed by atoms with van der Waals surface area (Å²) in [7, 11) is 1.14. The molecule has 0 aliphatic heterocycles. The Morgan fingerprint density at radius 2 is 2.00 bits per heavy atom. The van der Waals surface area contributed by atoms with E-state index in [-0.39, 0.29) is 17.9 Å². The maximum Gasteiger partial charge on any atom is 0.420 e. The summed E-state index contributed by atoms with van der Waals surface area (Å²) in [6.07, 6.45) is -4.68. The van der Waals surface area contributed by atoms with Crippen LogP contribution in [0.2, 0.25) is 0 Å². The molecule has 0 bridgehead atoms. The number of hydrogen-bond donors (Lipinski definition) is 3. The Morgan fingerprint density at radius 1 is 1.38 bits per heavy atom. The lowest BCUT2D eigenvalue weighted by atomic mass is 10.1. The second kappa shape index (κ2) is 4.58. The van der Waals surface area contributed by atoms with E-state index in [4.69, 9.17) is 5.21 Å². The monoisotopic (exact) mass is 237 g/mol. The summed E-state index contributed by atoms with van der Waals surface area (Å²) >= 11 is 0. The van der Waals surface area contributed by atoms with Gasteiger partial charge in [-0.3, -0.25) is 0 Å². The first-order valence-electron chi connectivity index (χ1n) is 4.24. The molecule has 4 nitrogen and oxygen atoms in total. The molecule has 0 aliphatic rings. The second-order valence-corrected chi connectivity index (χ2v) is 3.03. The van der Waals surface area contributed by atoms with E-state index in [1.165, 1.54) is 6.07 Å². The molecule has 16 heavy (non-hydrogen) atoms. The topological polar surface area (TPSA) is 61.7 Å². The van der Waals surface area contributed by atoms with Crippen LogP contribution in [0.3, 0.4) is 0 Å². The number of alkyl halides is 3. The molecule has 0 aliphatic carbocycles. The second-order valence-electron chi connectivity index (χ2n) is 3.03. The fourth-order valence-corrected chi connectivity index (χ4v) is 1.23. The lowest BCUT2D eigenvalue weighted by Gasteiger charge is -2.13. The van der Waals surface area contributed by atoms with E-state index in [2.05, 4.69) is 4.74 Å². The lowest BCUT2D eigenvalue weighted by Crippen LogP contribution is -2.10. The minimum atomic E-state index is -4.68. The predicted octanol–water partition coefficient (Wildman–Crippen LogP) is 1.90. The van der Waals surface area contributed by atoms with E-state index in [0.717, 1.165) is 13.2 Å². The summed E-state index contributed by atoms with van der Waals surface area (Å²) in [5.74, 6) is -1.25. The first-order chi connectivity index (χ1) is 7.40. The van der Waals surface area contributed by atoms with E-state index in [9.17, 15) is 18.3 Å². The molecule has 0 spiro atoms. The third-order valence-corrected chi connectivity index (χ3v) is 1.94. The van der Waals surface area contributed by atoms with Crippen LogP contribution in [0, 0.1) is 0 Å². The molecule has 0 atom stereocenters. The Bertz CT molecular complexity index is 379. The number of rotatable bonds is 3. The predicted molar refractivity (Wildman–Crippen MR) is 48.3 cm³/mol. The van der Waals surface area contributed by atoms with Crippen LogP contribution in [0.5, 0.6) is 11.5 Å². The summed E-state index contributed by atoms with van der Waals surface area (Å²) in [5, 5.41) is 17.7. The van der Waals surface area contributed by atoms with E-state index in [0.29, 0.717) is 0 Å². The molecule has 1 rings (SSSR count). The van der Waals surface area contributed by atoms with Crippen molar-refractivity contribution in [3.05, 3.63) is 23.3 Å². The molecule has 0 saturated heterocycles. The standard InChI is InChI=1S/C9H10F3NO3/c1-16-7-3-5(4-13-15)2-6(8(7)14)9(10,11)12/h2-3,13-15H,4H2,1H3. The van der Waals surface area contributed by atoms with E-state index in [1.807, 2.05) is 0 Å². The molecule has 1 aromatic rings. The van der Waals surface area contributed by atoms with Gasteiger partial charge in [-0.05, 0) is 17.7 Å². The molecule has 0 heterocycles. The Hall–Kier alpha value is -1.47. The molecule has 3 N–H and O–H groups in total. The fourth-order valence-electron chi connectivity index (χ4n) is 1.23. The average molecular weight is 237 g/mol. The normalized spacial score (nSPS) is 11.6. The highest BCUT2D eigenvalue weighted by Crippen LogP contribution is 2.41. The highest BCUT2D eigenvalue weighted by atomic mass is 19.4. The van der Waals surface area contributed by atoms with Gasteiger partial charge in [0.15, 0.2) is 11.5 Å². The van der Waals surface area contributed by atoms with E-state index < -0.39 is 17.5 Å². The van der Waals surface area contributed by atoms with E-state index in [1.54, 1.807) is 5.48 Å². The zero-order valence-corrected chi connectivity index (χ0v) is 8.30. The smallest absolute Gasteiger partial charge is 0.420 e. The van der Waals surface area contributed by atoms with Crippen LogP contribution >= 0.6 is 0 Å². The summed E-state index contributed by atoms with van der Waals surface area (Å²) in [6, 6.07) is 1.94. The first kappa shape index (κ1) is 12.6. The summed E-state index contributed by atoms with van der Waals surface area (Å²) < 4.78 is 42.1. The Labute approximate surface area is 89.2 Å². The van der Waals surface area contributed by atoms with Crippen LogP contribution in [0.25, 0.3) is 0 Å². The molecule has 0 amide bonds. The summed E-state index contributed by atoms with van der Waals surface area (Å²) in [4.78, 5) is 0. The van der Waals surface area contributed by atoms with Crippen molar-refractivity contribution in [3.8, 4) is 11.5 Å². The molecule has 0 aromatic heterocycles. The van der Waals surface area contributed by atoms with Gasteiger partial charge in [0.05, 0.1) is 7.11 Å². The number of hydrogen-bond acceptors (Lipinski definition) is 4. The van der Waals surface area contributed by atoms with Gasteiger partial charge in [-0.1, -0.05) is 0 Å². The van der Waals surface area contributed by atoms with Gasteiger partial charge in [-0.15, -0.1) is 0 Å². The van der Waals surface area contributed by atoms with Crippen molar-refractivity contribution >= 4 is 0 Å². The molecule has 0 saturated carbocycles.